The predicted molar refractivity (Wildman–Crippen MR) is 312 cm³/mol. The van der Waals surface area contributed by atoms with E-state index in [1.54, 1.807) is 34.6 Å². The van der Waals surface area contributed by atoms with Gasteiger partial charge in [-0.25, -0.2) is 0 Å². The highest BCUT2D eigenvalue weighted by atomic mass is 16.3. The fraction of sp³-hybridized carbons (Fsp3) is 0.793. The number of carbonyl (C=O) groups is 12. The van der Waals surface area contributed by atoms with Gasteiger partial charge in [-0.3, -0.25) is 57.5 Å². The van der Waals surface area contributed by atoms with E-state index in [0.29, 0.717) is 25.7 Å². The van der Waals surface area contributed by atoms with Gasteiger partial charge in [0, 0.05) is 26.4 Å². The number of aliphatic hydroxyl groups excluding tert-OH is 1. The van der Waals surface area contributed by atoms with Gasteiger partial charge in [-0.1, -0.05) is 76.2 Å². The molecule has 0 aromatic carbocycles. The van der Waals surface area contributed by atoms with Crippen molar-refractivity contribution in [3.05, 3.63) is 0 Å². The molecule has 0 aromatic heterocycles. The molecule has 2 rings (SSSR count). The minimum Gasteiger partial charge on any atom is -0.394 e. The molecule has 0 saturated carbocycles. The SMILES string of the molecule is CCC(C)(NC(C)=O)C(=O)NC(CCC(N)=O)C(=O)NC(C(=O)NC(C(=O)NC(C)(C)C(=O)N1CCCC1C(=O)NC(CC(C)C)C(=O)NC(CC(C)C)C(=O)NC(C)(C)C(=O)N1CCCC1C(=O)NC(CO)CC(C)C)C(C)C)C(C)C. The Labute approximate surface area is 491 Å². The molecule has 2 saturated heterocycles. The van der Waals surface area contributed by atoms with E-state index in [0.717, 1.165) is 0 Å². The lowest BCUT2D eigenvalue weighted by Gasteiger charge is -2.36. The van der Waals surface area contributed by atoms with Crippen LogP contribution in [0.5, 0.6) is 0 Å². The lowest BCUT2D eigenvalue weighted by Crippen LogP contribution is -2.64. The molecular weight excluding hydrogens is 1070 g/mol. The van der Waals surface area contributed by atoms with Gasteiger partial charge in [-0.15, -0.1) is 0 Å². The zero-order chi connectivity index (χ0) is 63.6. The summed E-state index contributed by atoms with van der Waals surface area (Å²) in [6, 6.07) is -8.52. The topological polar surface area (TPSA) is 366 Å². The molecule has 25 nitrogen and oxygen atoms in total. The second kappa shape index (κ2) is 32.0. The summed E-state index contributed by atoms with van der Waals surface area (Å²) < 4.78 is 0. The maximum absolute atomic E-state index is 14.5. The molecule has 9 atom stereocenters. The fourth-order valence-electron chi connectivity index (χ4n) is 10.3. The number of hydrogen-bond acceptors (Lipinski definition) is 13. The van der Waals surface area contributed by atoms with E-state index in [9.17, 15) is 62.6 Å². The van der Waals surface area contributed by atoms with Gasteiger partial charge >= 0.3 is 0 Å². The number of amides is 12. The van der Waals surface area contributed by atoms with Crippen molar-refractivity contribution in [2.75, 3.05) is 19.7 Å². The number of nitrogens with two attached hydrogens (primary N) is 1. The van der Waals surface area contributed by atoms with Crippen molar-refractivity contribution in [2.24, 2.45) is 35.3 Å². The van der Waals surface area contributed by atoms with Gasteiger partial charge in [-0.2, -0.15) is 0 Å². The highest BCUT2D eigenvalue weighted by Crippen LogP contribution is 2.25. The minimum absolute atomic E-state index is 0.109. The first-order valence-corrected chi connectivity index (χ1v) is 29.6. The molecular formula is C58H102N12O13. The highest BCUT2D eigenvalue weighted by Gasteiger charge is 2.46. The Balaban J connectivity index is 2.28. The number of primary amides is 1. The fourth-order valence-corrected chi connectivity index (χ4v) is 10.3. The van der Waals surface area contributed by atoms with Crippen molar-refractivity contribution in [3.8, 4) is 0 Å². The molecule has 0 radical (unpaired) electrons. The van der Waals surface area contributed by atoms with Crippen LogP contribution >= 0.6 is 0 Å². The lowest BCUT2D eigenvalue weighted by molar-refractivity contribution is -0.146. The molecule has 472 valence electrons. The summed E-state index contributed by atoms with van der Waals surface area (Å²) in [4.78, 5) is 167. The normalized spacial score (nSPS) is 18.5. The average molecular weight is 1180 g/mol. The first-order chi connectivity index (χ1) is 38.3. The number of nitrogens with zero attached hydrogens (tertiary/aromatic N) is 2. The van der Waals surface area contributed by atoms with Crippen LogP contribution < -0.4 is 53.6 Å². The van der Waals surface area contributed by atoms with Crippen LogP contribution in [0.15, 0.2) is 0 Å². The molecule has 2 aliphatic rings. The Bertz CT molecular complexity index is 2320. The third-order valence-electron chi connectivity index (χ3n) is 15.0. The molecule has 25 heteroatoms. The second-order valence-corrected chi connectivity index (χ2v) is 25.8. The zero-order valence-corrected chi connectivity index (χ0v) is 52.5. The molecule has 12 amide bonds. The van der Waals surface area contributed by atoms with Crippen LogP contribution in [-0.4, -0.2) is 170 Å². The van der Waals surface area contributed by atoms with Crippen LogP contribution in [0.1, 0.15) is 182 Å². The highest BCUT2D eigenvalue weighted by molar-refractivity contribution is 6.01. The standard InChI is InChI=1S/C58H102N12O13/c1-18-58(17,66-36(12)72)53(81)63-38(23-24-43(59)73)46(74)64-44(34(8)9)51(79)65-45(35(10)11)52(80)68-57(15,16)55(83)70-26-20-22-42(70)50(78)62-39(28-32(4)5)47(75)61-40(29-33(6)7)48(76)67-56(13,14)54(82)69-25-19-21-41(69)49(77)60-37(30-71)27-31(2)3/h31-35,37-42,44-45,71H,18-30H2,1-17H3,(H2,59,73)(H,60,77)(H,61,75)(H,62,78)(H,63,81)(H,64,74)(H,65,79)(H,66,72)(H,67,76)(H,68,80). The molecule has 2 heterocycles. The van der Waals surface area contributed by atoms with E-state index in [4.69, 9.17) is 5.73 Å². The summed E-state index contributed by atoms with van der Waals surface area (Å²) in [6.45, 7) is 28.5. The largest absolute Gasteiger partial charge is 0.394 e. The van der Waals surface area contributed by atoms with E-state index in [2.05, 4.69) is 47.9 Å². The molecule has 0 aliphatic carbocycles. The maximum atomic E-state index is 14.5. The number of nitrogens with one attached hydrogen (secondary N) is 9. The van der Waals surface area contributed by atoms with Crippen molar-refractivity contribution in [3.63, 3.8) is 0 Å². The second-order valence-electron chi connectivity index (χ2n) is 25.8. The quantitative estimate of drug-likeness (QED) is 0.0442. The molecule has 0 bridgehead atoms. The predicted octanol–water partition coefficient (Wildman–Crippen LogP) is 0.680. The minimum atomic E-state index is -1.65. The van der Waals surface area contributed by atoms with E-state index in [1.165, 1.54) is 51.3 Å². The van der Waals surface area contributed by atoms with E-state index in [-0.39, 0.29) is 81.9 Å². The molecule has 0 aromatic rings. The van der Waals surface area contributed by atoms with Crippen molar-refractivity contribution in [2.45, 2.75) is 247 Å². The molecule has 2 fully saturated rings. The van der Waals surface area contributed by atoms with Crippen LogP contribution in [-0.2, 0) is 57.5 Å². The van der Waals surface area contributed by atoms with E-state index in [1.807, 2.05) is 41.5 Å². The Kier molecular flexibility index (Phi) is 28.1. The van der Waals surface area contributed by atoms with Crippen molar-refractivity contribution in [1.82, 2.24) is 57.7 Å². The summed E-state index contributed by atoms with van der Waals surface area (Å²) in [5, 5.41) is 34.4. The molecule has 83 heavy (non-hydrogen) atoms. The summed E-state index contributed by atoms with van der Waals surface area (Å²) in [6.07, 6.45) is 2.11. The van der Waals surface area contributed by atoms with Gasteiger partial charge in [0.15, 0.2) is 0 Å². The van der Waals surface area contributed by atoms with Crippen LogP contribution in [0, 0.1) is 29.6 Å². The molecule has 2 aliphatic heterocycles. The Morgan fingerprint density at radius 3 is 1.37 bits per heavy atom. The van der Waals surface area contributed by atoms with Crippen LogP contribution in [0.4, 0.5) is 0 Å². The number of likely N-dealkylation sites (tertiary alicyclic amines) is 2. The monoisotopic (exact) mass is 1170 g/mol. The van der Waals surface area contributed by atoms with Crippen molar-refractivity contribution >= 4 is 70.9 Å². The van der Waals surface area contributed by atoms with Crippen LogP contribution in [0.3, 0.4) is 0 Å². The van der Waals surface area contributed by atoms with Gasteiger partial charge < -0.3 is 68.5 Å². The molecule has 9 unspecified atom stereocenters. The Morgan fingerprint density at radius 1 is 0.530 bits per heavy atom. The third-order valence-corrected chi connectivity index (χ3v) is 15.0. The zero-order valence-electron chi connectivity index (χ0n) is 52.5. The summed E-state index contributed by atoms with van der Waals surface area (Å²) >= 11 is 0. The number of hydrogen-bond donors (Lipinski definition) is 11. The van der Waals surface area contributed by atoms with Gasteiger partial charge in [0.25, 0.3) is 0 Å². The first-order valence-electron chi connectivity index (χ1n) is 29.6. The van der Waals surface area contributed by atoms with Gasteiger partial charge in [0.1, 0.15) is 58.9 Å². The number of carbonyl (C=O) groups excluding carboxylic acids is 12. The lowest BCUT2D eigenvalue weighted by atomic mass is 9.95. The first kappa shape index (κ1) is 72.7. The summed E-state index contributed by atoms with van der Waals surface area (Å²) in [5.74, 6) is -8.89. The van der Waals surface area contributed by atoms with Crippen LogP contribution in [0.25, 0.3) is 0 Å². The Morgan fingerprint density at radius 2 is 0.952 bits per heavy atom. The summed E-state index contributed by atoms with van der Waals surface area (Å²) in [5.41, 5.74) is 0.801. The van der Waals surface area contributed by atoms with Crippen molar-refractivity contribution in [1.29, 1.82) is 0 Å². The van der Waals surface area contributed by atoms with E-state index < -0.39 is 142 Å². The molecule has 0 spiro atoms. The van der Waals surface area contributed by atoms with E-state index >= 15 is 0 Å². The maximum Gasteiger partial charge on any atom is 0.248 e. The summed E-state index contributed by atoms with van der Waals surface area (Å²) in [7, 11) is 0. The van der Waals surface area contributed by atoms with Crippen molar-refractivity contribution < 1.29 is 62.6 Å². The van der Waals surface area contributed by atoms with Crippen LogP contribution in [0.2, 0.25) is 0 Å². The third kappa shape index (κ3) is 21.9. The molecule has 12 N–H and O–H groups in total. The van der Waals surface area contributed by atoms with Gasteiger partial charge in [0.05, 0.1) is 12.6 Å². The number of rotatable bonds is 32. The van der Waals surface area contributed by atoms with Gasteiger partial charge in [-0.05, 0) is 122 Å². The number of aliphatic hydroxyl groups is 1. The average Bonchev–Trinajstić information content (AvgIpc) is 4.23. The van der Waals surface area contributed by atoms with Gasteiger partial charge in [0.2, 0.25) is 70.9 Å². The Hall–Kier alpha value is -6.40. The smallest absolute Gasteiger partial charge is 0.248 e.